The van der Waals surface area contributed by atoms with Crippen molar-refractivity contribution in [2.75, 3.05) is 0 Å². The van der Waals surface area contributed by atoms with Gasteiger partial charge in [-0.15, -0.1) is 0 Å². The lowest BCUT2D eigenvalue weighted by Gasteiger charge is -2.10. The summed E-state index contributed by atoms with van der Waals surface area (Å²) in [6, 6.07) is 3.50. The molecule has 3 nitrogen and oxygen atoms in total. The van der Waals surface area contributed by atoms with E-state index >= 15 is 0 Å². The van der Waals surface area contributed by atoms with Gasteiger partial charge in [0.2, 0.25) is 0 Å². The molecule has 0 aromatic heterocycles. The molecule has 0 aliphatic rings. The molecule has 0 saturated carbocycles. The minimum absolute atomic E-state index is 0.00215. The van der Waals surface area contributed by atoms with Crippen molar-refractivity contribution >= 4 is 5.69 Å². The van der Waals surface area contributed by atoms with Crippen molar-refractivity contribution in [2.24, 2.45) is 5.11 Å². The number of hydrogen-bond acceptors (Lipinski definition) is 1. The van der Waals surface area contributed by atoms with Crippen molar-refractivity contribution in [1.82, 2.24) is 0 Å². The maximum atomic E-state index is 12.3. The lowest BCUT2D eigenvalue weighted by Crippen LogP contribution is -2.06. The van der Waals surface area contributed by atoms with Crippen molar-refractivity contribution in [3.8, 4) is 0 Å². The van der Waals surface area contributed by atoms with Crippen LogP contribution in [-0.4, -0.2) is 0 Å². The third kappa shape index (κ3) is 1.97. The quantitative estimate of drug-likeness (QED) is 0.375. The van der Waals surface area contributed by atoms with Crippen LogP contribution < -0.4 is 0 Å². The molecule has 1 aromatic carbocycles. The molecule has 74 valence electrons. The third-order valence-electron chi connectivity index (χ3n) is 1.76. The van der Waals surface area contributed by atoms with Gasteiger partial charge in [-0.3, -0.25) is 0 Å². The van der Waals surface area contributed by atoms with Crippen molar-refractivity contribution in [1.29, 1.82) is 0 Å². The van der Waals surface area contributed by atoms with E-state index in [9.17, 15) is 13.2 Å². The van der Waals surface area contributed by atoms with Crippen molar-refractivity contribution in [3.63, 3.8) is 0 Å². The van der Waals surface area contributed by atoms with Gasteiger partial charge >= 0.3 is 6.18 Å². The van der Waals surface area contributed by atoms with Crippen LogP contribution in [-0.2, 0) is 6.18 Å². The van der Waals surface area contributed by atoms with E-state index in [-0.39, 0.29) is 11.3 Å². The number of rotatable bonds is 1. The fourth-order valence-corrected chi connectivity index (χ4v) is 1.09. The number of alkyl halides is 3. The molecule has 0 unspecified atom stereocenters. The molecule has 0 aliphatic heterocycles. The largest absolute Gasteiger partial charge is 0.416 e. The van der Waals surface area contributed by atoms with Crippen LogP contribution >= 0.6 is 0 Å². The Balaban J connectivity index is 3.34. The Hall–Kier alpha value is -1.68. The summed E-state index contributed by atoms with van der Waals surface area (Å²) in [5.74, 6) is 0. The van der Waals surface area contributed by atoms with E-state index in [0.717, 1.165) is 6.07 Å². The molecule has 1 rings (SSSR count). The first-order valence-electron chi connectivity index (χ1n) is 3.68. The predicted octanol–water partition coefficient (Wildman–Crippen LogP) is 3.96. The van der Waals surface area contributed by atoms with E-state index in [1.165, 1.54) is 19.1 Å². The molecular formula is C8H6F3N3. The van der Waals surface area contributed by atoms with Crippen molar-refractivity contribution in [2.45, 2.75) is 13.1 Å². The third-order valence-corrected chi connectivity index (χ3v) is 1.76. The Morgan fingerprint density at radius 3 is 2.50 bits per heavy atom. The topological polar surface area (TPSA) is 48.8 Å². The first kappa shape index (κ1) is 10.4. The highest BCUT2D eigenvalue weighted by molar-refractivity contribution is 5.50. The van der Waals surface area contributed by atoms with E-state index in [0.29, 0.717) is 0 Å². The van der Waals surface area contributed by atoms with Gasteiger partial charge in [-0.2, -0.15) is 13.2 Å². The first-order valence-corrected chi connectivity index (χ1v) is 3.68. The molecule has 0 bridgehead atoms. The second-order valence-electron chi connectivity index (χ2n) is 2.64. The fourth-order valence-electron chi connectivity index (χ4n) is 1.09. The number of nitrogens with zero attached hydrogens (tertiary/aromatic N) is 3. The molecule has 0 N–H and O–H groups in total. The molecule has 6 heteroatoms. The van der Waals surface area contributed by atoms with Gasteiger partial charge in [-0.05, 0) is 24.1 Å². The van der Waals surface area contributed by atoms with Crippen LogP contribution in [0.4, 0.5) is 18.9 Å². The monoisotopic (exact) mass is 201 g/mol. The number of hydrogen-bond donors (Lipinski definition) is 0. The lowest BCUT2D eigenvalue weighted by molar-refractivity contribution is -0.138. The average molecular weight is 201 g/mol. The summed E-state index contributed by atoms with van der Waals surface area (Å²) in [6.45, 7) is 1.27. The lowest BCUT2D eigenvalue weighted by atomic mass is 10.1. The average Bonchev–Trinajstić information content (AvgIpc) is 2.07. The molecule has 0 amide bonds. The molecule has 0 heterocycles. The Morgan fingerprint density at radius 1 is 1.36 bits per heavy atom. The zero-order valence-corrected chi connectivity index (χ0v) is 7.21. The summed E-state index contributed by atoms with van der Waals surface area (Å²) in [4.78, 5) is 2.45. The van der Waals surface area contributed by atoms with Gasteiger partial charge in [0.15, 0.2) is 0 Å². The van der Waals surface area contributed by atoms with Gasteiger partial charge in [0.1, 0.15) is 0 Å². The minimum atomic E-state index is -4.41. The van der Waals surface area contributed by atoms with Crippen LogP contribution in [0.15, 0.2) is 23.3 Å². The molecule has 0 spiro atoms. The van der Waals surface area contributed by atoms with Crippen LogP contribution in [0.5, 0.6) is 0 Å². The predicted molar refractivity (Wildman–Crippen MR) is 45.0 cm³/mol. The van der Waals surface area contributed by atoms with Crippen LogP contribution in [0, 0.1) is 6.92 Å². The van der Waals surface area contributed by atoms with E-state index in [1.54, 1.807) is 0 Å². The number of halogens is 3. The maximum Gasteiger partial charge on any atom is 0.416 e. The van der Waals surface area contributed by atoms with Gasteiger partial charge in [0.25, 0.3) is 0 Å². The smallest absolute Gasteiger partial charge is 0.166 e. The highest BCUT2D eigenvalue weighted by atomic mass is 19.4. The molecule has 0 radical (unpaired) electrons. The van der Waals surface area contributed by atoms with Crippen LogP contribution in [0.2, 0.25) is 0 Å². The Kier molecular flexibility index (Phi) is 2.67. The molecule has 0 atom stereocenters. The summed E-state index contributed by atoms with van der Waals surface area (Å²) in [6.07, 6.45) is -4.41. The van der Waals surface area contributed by atoms with Crippen LogP contribution in [0.25, 0.3) is 10.4 Å². The van der Waals surface area contributed by atoms with E-state index in [1.807, 2.05) is 0 Å². The minimum Gasteiger partial charge on any atom is -0.166 e. The van der Waals surface area contributed by atoms with E-state index in [4.69, 9.17) is 5.53 Å². The van der Waals surface area contributed by atoms with Gasteiger partial charge in [-0.25, -0.2) is 0 Å². The number of benzene rings is 1. The zero-order valence-electron chi connectivity index (χ0n) is 7.21. The zero-order chi connectivity index (χ0) is 10.8. The molecule has 14 heavy (non-hydrogen) atoms. The molecule has 0 fully saturated rings. The van der Waals surface area contributed by atoms with Gasteiger partial charge in [-0.1, -0.05) is 17.2 Å². The Bertz CT molecular complexity index is 391. The summed E-state index contributed by atoms with van der Waals surface area (Å²) in [7, 11) is 0. The Morgan fingerprint density at radius 2 is 2.00 bits per heavy atom. The molecule has 0 aliphatic carbocycles. The second kappa shape index (κ2) is 3.59. The molecule has 0 saturated heterocycles. The normalized spacial score (nSPS) is 10.9. The van der Waals surface area contributed by atoms with Crippen molar-refractivity contribution in [3.05, 3.63) is 39.8 Å². The fraction of sp³-hybridized carbons (Fsp3) is 0.250. The summed E-state index contributed by atoms with van der Waals surface area (Å²) in [5.41, 5.74) is 7.28. The molecular weight excluding hydrogens is 195 g/mol. The standard InChI is InChI=1S/C8H6F3N3/c1-5-6(8(9,10)11)3-2-4-7(5)13-14-12/h2-4H,1H3. The maximum absolute atomic E-state index is 12.3. The van der Waals surface area contributed by atoms with E-state index < -0.39 is 11.7 Å². The van der Waals surface area contributed by atoms with Crippen LogP contribution in [0.1, 0.15) is 11.1 Å². The highest BCUT2D eigenvalue weighted by Crippen LogP contribution is 2.35. The second-order valence-corrected chi connectivity index (χ2v) is 2.64. The summed E-state index contributed by atoms with van der Waals surface area (Å²) in [5, 5.41) is 3.16. The molecule has 1 aromatic rings. The summed E-state index contributed by atoms with van der Waals surface area (Å²) < 4.78 is 37.0. The Labute approximate surface area is 77.8 Å². The highest BCUT2D eigenvalue weighted by Gasteiger charge is 2.32. The van der Waals surface area contributed by atoms with Gasteiger partial charge in [0, 0.05) is 10.6 Å². The van der Waals surface area contributed by atoms with E-state index in [2.05, 4.69) is 10.0 Å². The first-order chi connectivity index (χ1) is 6.46. The SMILES string of the molecule is Cc1c(N=[N+]=[N-])cccc1C(F)(F)F. The van der Waals surface area contributed by atoms with Gasteiger partial charge in [0.05, 0.1) is 5.56 Å². The van der Waals surface area contributed by atoms with Crippen molar-refractivity contribution < 1.29 is 13.2 Å². The summed E-state index contributed by atoms with van der Waals surface area (Å²) >= 11 is 0. The van der Waals surface area contributed by atoms with Crippen LogP contribution in [0.3, 0.4) is 0 Å². The number of azide groups is 1. The van der Waals surface area contributed by atoms with Gasteiger partial charge < -0.3 is 0 Å².